The zero-order valence-corrected chi connectivity index (χ0v) is 16.0. The molecule has 0 saturated carbocycles. The molecule has 25 heavy (non-hydrogen) atoms. The van der Waals surface area contributed by atoms with Gasteiger partial charge in [-0.15, -0.1) is 0 Å². The number of sulfonamides is 1. The summed E-state index contributed by atoms with van der Waals surface area (Å²) in [6.45, 7) is 0.623. The van der Waals surface area contributed by atoms with E-state index >= 15 is 0 Å². The normalized spacial score (nSPS) is 12.0. The molecule has 1 aromatic carbocycles. The molecule has 4 N–H and O–H groups in total. The predicted octanol–water partition coefficient (Wildman–Crippen LogP) is 2.17. The highest BCUT2D eigenvalue weighted by atomic mass is 79.9. The minimum Gasteiger partial charge on any atom is -0.339 e. The average Bonchev–Trinajstić information content (AvgIpc) is 2.88. The van der Waals surface area contributed by atoms with Crippen LogP contribution in [0, 0.1) is 0 Å². The molecule has 0 amide bonds. The van der Waals surface area contributed by atoms with Gasteiger partial charge in [0.2, 0.25) is 10.0 Å². The SMILES string of the molecule is CN(C)Cc1ccc(S(N)(=O)=O)cc1Nc1ncnc2[nH]c(Br)cc12. The molecule has 0 aliphatic carbocycles. The Morgan fingerprint density at radius 2 is 2.04 bits per heavy atom. The van der Waals surface area contributed by atoms with E-state index < -0.39 is 10.0 Å². The molecule has 0 fully saturated rings. The van der Waals surface area contributed by atoms with Gasteiger partial charge in [-0.1, -0.05) is 6.07 Å². The number of hydrogen-bond donors (Lipinski definition) is 3. The van der Waals surface area contributed by atoms with Gasteiger partial charge < -0.3 is 15.2 Å². The molecule has 3 aromatic rings. The minimum absolute atomic E-state index is 0.0399. The molecule has 2 aromatic heterocycles. The second kappa shape index (κ2) is 6.71. The molecule has 0 unspecified atom stereocenters. The monoisotopic (exact) mass is 424 g/mol. The molecule has 0 saturated heterocycles. The van der Waals surface area contributed by atoms with Crippen LogP contribution in [0.1, 0.15) is 5.56 Å². The maximum atomic E-state index is 11.7. The van der Waals surface area contributed by atoms with Crippen LogP contribution in [0.3, 0.4) is 0 Å². The van der Waals surface area contributed by atoms with Crippen LogP contribution in [0.4, 0.5) is 11.5 Å². The molecule has 2 heterocycles. The number of nitrogens with zero attached hydrogens (tertiary/aromatic N) is 3. The number of nitrogens with two attached hydrogens (primary N) is 1. The number of halogens is 1. The van der Waals surface area contributed by atoms with Crippen molar-refractivity contribution in [1.29, 1.82) is 0 Å². The molecule has 10 heteroatoms. The van der Waals surface area contributed by atoms with E-state index in [2.05, 4.69) is 36.2 Å². The van der Waals surface area contributed by atoms with Gasteiger partial charge in [-0.3, -0.25) is 0 Å². The number of primary sulfonamides is 1. The van der Waals surface area contributed by atoms with Gasteiger partial charge in [0.15, 0.2) is 0 Å². The molecule has 0 aliphatic heterocycles. The number of benzene rings is 1. The third-order valence-corrected chi connectivity index (χ3v) is 4.88. The van der Waals surface area contributed by atoms with Crippen molar-refractivity contribution in [2.24, 2.45) is 5.14 Å². The summed E-state index contributed by atoms with van der Waals surface area (Å²) in [6.07, 6.45) is 1.43. The number of anilines is 2. The van der Waals surface area contributed by atoms with Crippen molar-refractivity contribution in [2.45, 2.75) is 11.4 Å². The van der Waals surface area contributed by atoms with Crippen LogP contribution in [-0.2, 0) is 16.6 Å². The summed E-state index contributed by atoms with van der Waals surface area (Å²) in [5, 5.41) is 9.25. The van der Waals surface area contributed by atoms with Gasteiger partial charge in [-0.05, 0) is 53.8 Å². The summed E-state index contributed by atoms with van der Waals surface area (Å²) < 4.78 is 24.2. The number of fused-ring (bicyclic) bond motifs is 1. The first-order valence-corrected chi connectivity index (χ1v) is 9.64. The molecule has 0 bridgehead atoms. The zero-order valence-electron chi connectivity index (χ0n) is 13.6. The van der Waals surface area contributed by atoms with E-state index in [0.29, 0.717) is 23.7 Å². The summed E-state index contributed by atoms with van der Waals surface area (Å²) >= 11 is 3.38. The van der Waals surface area contributed by atoms with Crippen molar-refractivity contribution >= 4 is 48.5 Å². The average molecular weight is 425 g/mol. The van der Waals surface area contributed by atoms with E-state index in [4.69, 9.17) is 5.14 Å². The van der Waals surface area contributed by atoms with Gasteiger partial charge in [0.25, 0.3) is 0 Å². The summed E-state index contributed by atoms with van der Waals surface area (Å²) in [4.78, 5) is 13.5. The first-order chi connectivity index (χ1) is 11.7. The van der Waals surface area contributed by atoms with Crippen LogP contribution in [0.5, 0.6) is 0 Å². The Hall–Kier alpha value is -2.01. The highest BCUT2D eigenvalue weighted by Gasteiger charge is 2.14. The highest BCUT2D eigenvalue weighted by molar-refractivity contribution is 9.10. The van der Waals surface area contributed by atoms with Crippen molar-refractivity contribution < 1.29 is 8.42 Å². The molecule has 132 valence electrons. The van der Waals surface area contributed by atoms with Gasteiger partial charge in [-0.2, -0.15) is 0 Å². The molecule has 3 rings (SSSR count). The lowest BCUT2D eigenvalue weighted by Crippen LogP contribution is -2.15. The maximum Gasteiger partial charge on any atom is 0.238 e. The largest absolute Gasteiger partial charge is 0.339 e. The first-order valence-electron chi connectivity index (χ1n) is 7.31. The van der Waals surface area contributed by atoms with Crippen LogP contribution in [0.2, 0.25) is 0 Å². The smallest absolute Gasteiger partial charge is 0.238 e. The molecule has 0 radical (unpaired) electrons. The fourth-order valence-corrected chi connectivity index (χ4v) is 3.42. The Balaban J connectivity index is 2.10. The summed E-state index contributed by atoms with van der Waals surface area (Å²) in [7, 11) is 0.0669. The number of rotatable bonds is 5. The number of H-pyrrole nitrogens is 1. The van der Waals surface area contributed by atoms with Crippen LogP contribution >= 0.6 is 15.9 Å². The Kier molecular flexibility index (Phi) is 4.78. The van der Waals surface area contributed by atoms with Crippen molar-refractivity contribution in [1.82, 2.24) is 19.9 Å². The van der Waals surface area contributed by atoms with E-state index in [1.54, 1.807) is 6.07 Å². The van der Waals surface area contributed by atoms with Gasteiger partial charge in [0.05, 0.1) is 14.9 Å². The molecular weight excluding hydrogens is 408 g/mol. The summed E-state index contributed by atoms with van der Waals surface area (Å²) in [5.74, 6) is 0.568. The topological polar surface area (TPSA) is 117 Å². The summed E-state index contributed by atoms with van der Waals surface area (Å²) in [6, 6.07) is 6.62. The minimum atomic E-state index is -3.80. The zero-order chi connectivity index (χ0) is 18.2. The van der Waals surface area contributed by atoms with Gasteiger partial charge in [0.1, 0.15) is 17.8 Å². The lowest BCUT2D eigenvalue weighted by atomic mass is 10.1. The van der Waals surface area contributed by atoms with Crippen LogP contribution in [0.25, 0.3) is 11.0 Å². The predicted molar refractivity (Wildman–Crippen MR) is 100 cm³/mol. The molecule has 0 spiro atoms. The van der Waals surface area contributed by atoms with E-state index in [-0.39, 0.29) is 4.90 Å². The third kappa shape index (κ3) is 3.98. The Morgan fingerprint density at radius 1 is 1.28 bits per heavy atom. The number of aromatic nitrogens is 3. The van der Waals surface area contributed by atoms with E-state index in [9.17, 15) is 8.42 Å². The second-order valence-corrected chi connectivity index (χ2v) is 8.24. The number of hydrogen-bond acceptors (Lipinski definition) is 6. The fraction of sp³-hybridized carbons (Fsp3) is 0.200. The lowest BCUT2D eigenvalue weighted by molar-refractivity contribution is 0.403. The van der Waals surface area contributed by atoms with Gasteiger partial charge >= 0.3 is 0 Å². The second-order valence-electron chi connectivity index (χ2n) is 5.83. The third-order valence-electron chi connectivity index (χ3n) is 3.54. The van der Waals surface area contributed by atoms with E-state index in [1.807, 2.05) is 25.1 Å². The number of nitrogens with one attached hydrogen (secondary N) is 2. The number of aromatic amines is 1. The van der Waals surface area contributed by atoms with Crippen LogP contribution < -0.4 is 10.5 Å². The standard InChI is InChI=1S/C15H17BrN6O2S/c1-22(2)7-9-3-4-10(25(17,23)24)5-12(9)20-14-11-6-13(16)21-15(11)19-8-18-14/h3-6,8H,7H2,1-2H3,(H2,17,23,24)(H2,18,19,20,21). The molecule has 0 aliphatic rings. The Bertz CT molecular complexity index is 1030. The maximum absolute atomic E-state index is 11.7. The Morgan fingerprint density at radius 3 is 2.72 bits per heavy atom. The van der Waals surface area contributed by atoms with Gasteiger partial charge in [0, 0.05) is 12.2 Å². The quantitative estimate of drug-likeness (QED) is 0.577. The van der Waals surface area contributed by atoms with E-state index in [0.717, 1.165) is 15.6 Å². The molecule has 8 nitrogen and oxygen atoms in total. The fourth-order valence-electron chi connectivity index (χ4n) is 2.46. The van der Waals surface area contributed by atoms with Crippen molar-refractivity contribution in [3.63, 3.8) is 0 Å². The van der Waals surface area contributed by atoms with Crippen molar-refractivity contribution in [2.75, 3.05) is 19.4 Å². The lowest BCUT2D eigenvalue weighted by Gasteiger charge is -2.16. The first kappa shape index (κ1) is 17.8. The highest BCUT2D eigenvalue weighted by Crippen LogP contribution is 2.29. The van der Waals surface area contributed by atoms with Crippen molar-refractivity contribution in [3.8, 4) is 0 Å². The summed E-state index contributed by atoms with van der Waals surface area (Å²) in [5.41, 5.74) is 2.21. The van der Waals surface area contributed by atoms with Crippen LogP contribution in [-0.4, -0.2) is 42.4 Å². The van der Waals surface area contributed by atoms with Crippen molar-refractivity contribution in [3.05, 3.63) is 40.8 Å². The van der Waals surface area contributed by atoms with E-state index in [1.165, 1.54) is 18.5 Å². The van der Waals surface area contributed by atoms with Gasteiger partial charge in [-0.25, -0.2) is 23.5 Å². The van der Waals surface area contributed by atoms with Crippen LogP contribution in [0.15, 0.2) is 40.1 Å². The molecule has 0 atom stereocenters. The molecular formula is C15H17BrN6O2S. The Labute approximate surface area is 153 Å².